The van der Waals surface area contributed by atoms with E-state index < -0.39 is 0 Å². The van der Waals surface area contributed by atoms with Crippen LogP contribution in [0.1, 0.15) is 37.3 Å². The van der Waals surface area contributed by atoms with E-state index in [1.54, 1.807) is 17.0 Å². The second kappa shape index (κ2) is 9.89. The summed E-state index contributed by atoms with van der Waals surface area (Å²) < 4.78 is 0.472. The molecule has 170 valence electrons. The standard InChI is InChI=1S/C25H25N3O3S2/c1-3-4-7-13-27-24(31)22(33-25(27)32)21-18-11-5-6-12-19(18)28(23(21)30)15-20(29)26-17-10-8-9-16(2)14-17/h5-6,8-12,14H,3-4,7,13,15H2,1-2H3,(H,26,29). The van der Waals surface area contributed by atoms with Gasteiger partial charge >= 0.3 is 0 Å². The number of amides is 3. The maximum atomic E-state index is 13.5. The van der Waals surface area contributed by atoms with Gasteiger partial charge in [-0.2, -0.15) is 0 Å². The van der Waals surface area contributed by atoms with Gasteiger partial charge in [-0.15, -0.1) is 0 Å². The van der Waals surface area contributed by atoms with Gasteiger partial charge in [-0.1, -0.05) is 74.1 Å². The molecule has 0 radical (unpaired) electrons. The lowest BCUT2D eigenvalue weighted by Gasteiger charge is -2.17. The van der Waals surface area contributed by atoms with Crippen LogP contribution < -0.4 is 10.2 Å². The lowest BCUT2D eigenvalue weighted by Crippen LogP contribution is -2.35. The molecule has 8 heteroatoms. The van der Waals surface area contributed by atoms with Gasteiger partial charge < -0.3 is 5.32 Å². The summed E-state index contributed by atoms with van der Waals surface area (Å²) in [5.74, 6) is -0.896. The molecule has 0 aliphatic carbocycles. The van der Waals surface area contributed by atoms with Crippen molar-refractivity contribution >= 4 is 63.0 Å². The topological polar surface area (TPSA) is 69.7 Å². The number of carbonyl (C=O) groups excluding carboxylic acids is 3. The maximum Gasteiger partial charge on any atom is 0.267 e. The van der Waals surface area contributed by atoms with E-state index in [9.17, 15) is 14.4 Å². The largest absolute Gasteiger partial charge is 0.325 e. The van der Waals surface area contributed by atoms with Gasteiger partial charge in [0.2, 0.25) is 5.91 Å². The average molecular weight is 480 g/mol. The van der Waals surface area contributed by atoms with E-state index in [2.05, 4.69) is 12.2 Å². The highest BCUT2D eigenvalue weighted by molar-refractivity contribution is 8.26. The lowest BCUT2D eigenvalue weighted by molar-refractivity contribution is -0.122. The van der Waals surface area contributed by atoms with Gasteiger partial charge in [-0.3, -0.25) is 24.2 Å². The second-order valence-electron chi connectivity index (χ2n) is 8.06. The molecule has 2 aromatic rings. The Bertz CT molecular complexity index is 1170. The summed E-state index contributed by atoms with van der Waals surface area (Å²) >= 11 is 6.61. The van der Waals surface area contributed by atoms with E-state index in [1.165, 1.54) is 16.7 Å². The molecule has 2 aliphatic rings. The summed E-state index contributed by atoms with van der Waals surface area (Å²) in [7, 11) is 0. The molecule has 1 fully saturated rings. The molecule has 0 spiro atoms. The molecule has 2 heterocycles. The number of carbonyl (C=O) groups is 3. The zero-order valence-electron chi connectivity index (χ0n) is 18.6. The Balaban J connectivity index is 1.60. The number of aryl methyl sites for hydroxylation is 1. The van der Waals surface area contributed by atoms with Crippen molar-refractivity contribution in [3.8, 4) is 0 Å². The minimum atomic E-state index is -0.357. The van der Waals surface area contributed by atoms with Gasteiger partial charge in [-0.25, -0.2) is 0 Å². The highest BCUT2D eigenvalue weighted by Gasteiger charge is 2.42. The van der Waals surface area contributed by atoms with Crippen molar-refractivity contribution in [2.45, 2.75) is 33.1 Å². The molecule has 6 nitrogen and oxygen atoms in total. The first-order valence-corrected chi connectivity index (χ1v) is 12.2. The molecular formula is C25H25N3O3S2. The summed E-state index contributed by atoms with van der Waals surface area (Å²) in [4.78, 5) is 42.7. The molecule has 4 rings (SSSR count). The number of hydrogen-bond acceptors (Lipinski definition) is 5. The maximum absolute atomic E-state index is 13.5. The number of benzene rings is 2. The normalized spacial score (nSPS) is 17.7. The van der Waals surface area contributed by atoms with Crippen molar-refractivity contribution in [3.05, 3.63) is 64.6 Å². The molecule has 2 aliphatic heterocycles. The first kappa shape index (κ1) is 23.2. The van der Waals surface area contributed by atoms with E-state index in [4.69, 9.17) is 12.2 Å². The van der Waals surface area contributed by atoms with Gasteiger partial charge in [0.1, 0.15) is 10.9 Å². The predicted octanol–water partition coefficient (Wildman–Crippen LogP) is 4.74. The van der Waals surface area contributed by atoms with Crippen LogP contribution in [0.5, 0.6) is 0 Å². The summed E-state index contributed by atoms with van der Waals surface area (Å²) in [6.07, 6.45) is 2.91. The van der Waals surface area contributed by atoms with Crippen molar-refractivity contribution < 1.29 is 14.4 Å². The molecule has 1 saturated heterocycles. The fraction of sp³-hybridized carbons (Fsp3) is 0.280. The number of fused-ring (bicyclic) bond motifs is 1. The molecule has 3 amide bonds. The molecule has 0 unspecified atom stereocenters. The Morgan fingerprint density at radius 2 is 1.82 bits per heavy atom. The van der Waals surface area contributed by atoms with Gasteiger partial charge in [0.25, 0.3) is 11.8 Å². The SMILES string of the molecule is CCCCCN1C(=O)C(=C2C(=O)N(CC(=O)Nc3cccc(C)c3)c3ccccc32)SC1=S. The number of anilines is 2. The number of nitrogens with one attached hydrogen (secondary N) is 1. The molecule has 0 atom stereocenters. The zero-order valence-corrected chi connectivity index (χ0v) is 20.2. The summed E-state index contributed by atoms with van der Waals surface area (Å²) in [5, 5.41) is 2.85. The Morgan fingerprint density at radius 3 is 2.58 bits per heavy atom. The minimum Gasteiger partial charge on any atom is -0.325 e. The number of hydrogen-bond donors (Lipinski definition) is 1. The number of nitrogens with zero attached hydrogens (tertiary/aromatic N) is 2. The van der Waals surface area contributed by atoms with Gasteiger partial charge in [-0.05, 0) is 37.1 Å². The molecule has 33 heavy (non-hydrogen) atoms. The highest BCUT2D eigenvalue weighted by Crippen LogP contribution is 2.44. The molecule has 2 aromatic carbocycles. The van der Waals surface area contributed by atoms with Crippen molar-refractivity contribution in [1.29, 1.82) is 0 Å². The van der Waals surface area contributed by atoms with E-state index >= 15 is 0 Å². The first-order chi connectivity index (χ1) is 15.9. The van der Waals surface area contributed by atoms with E-state index in [0.717, 1.165) is 24.8 Å². The fourth-order valence-corrected chi connectivity index (χ4v) is 5.37. The van der Waals surface area contributed by atoms with Crippen LogP contribution in [-0.4, -0.2) is 40.0 Å². The van der Waals surface area contributed by atoms with E-state index in [-0.39, 0.29) is 24.3 Å². The zero-order chi connectivity index (χ0) is 23.5. The van der Waals surface area contributed by atoms with Crippen LogP contribution in [0.4, 0.5) is 11.4 Å². The first-order valence-electron chi connectivity index (χ1n) is 11.0. The smallest absolute Gasteiger partial charge is 0.267 e. The monoisotopic (exact) mass is 479 g/mol. The summed E-state index contributed by atoms with van der Waals surface area (Å²) in [6.45, 7) is 4.45. The quantitative estimate of drug-likeness (QED) is 0.353. The van der Waals surface area contributed by atoms with E-state index in [0.29, 0.717) is 38.3 Å². The summed E-state index contributed by atoms with van der Waals surface area (Å²) in [5.41, 5.74) is 3.30. The molecule has 0 bridgehead atoms. The average Bonchev–Trinajstić information content (AvgIpc) is 3.21. The Morgan fingerprint density at radius 1 is 1.03 bits per heavy atom. The number of rotatable bonds is 7. The third kappa shape index (κ3) is 4.72. The third-order valence-electron chi connectivity index (χ3n) is 5.59. The van der Waals surface area contributed by atoms with Gasteiger partial charge in [0, 0.05) is 17.8 Å². The van der Waals surface area contributed by atoms with Crippen molar-refractivity contribution in [2.75, 3.05) is 23.3 Å². The van der Waals surface area contributed by atoms with Crippen LogP contribution in [0, 0.1) is 6.92 Å². The Kier molecular flexibility index (Phi) is 6.95. The lowest BCUT2D eigenvalue weighted by atomic mass is 10.1. The number of thioether (sulfide) groups is 1. The summed E-state index contributed by atoms with van der Waals surface area (Å²) in [6, 6.07) is 14.7. The van der Waals surface area contributed by atoms with Gasteiger partial charge in [0.05, 0.1) is 16.2 Å². The van der Waals surface area contributed by atoms with Crippen molar-refractivity contribution in [2.24, 2.45) is 0 Å². The van der Waals surface area contributed by atoms with Crippen LogP contribution in [0.15, 0.2) is 53.4 Å². The van der Waals surface area contributed by atoms with Crippen molar-refractivity contribution in [3.63, 3.8) is 0 Å². The number of para-hydroxylation sites is 1. The van der Waals surface area contributed by atoms with Crippen LogP contribution in [0.3, 0.4) is 0 Å². The molecule has 0 saturated carbocycles. The fourth-order valence-electron chi connectivity index (χ4n) is 3.99. The number of unbranched alkanes of at least 4 members (excludes halogenated alkanes) is 2. The highest BCUT2D eigenvalue weighted by atomic mass is 32.2. The second-order valence-corrected chi connectivity index (χ2v) is 9.71. The van der Waals surface area contributed by atoms with Crippen LogP contribution >= 0.6 is 24.0 Å². The molecule has 1 N–H and O–H groups in total. The van der Waals surface area contributed by atoms with Crippen LogP contribution in [-0.2, 0) is 14.4 Å². The van der Waals surface area contributed by atoms with Crippen molar-refractivity contribution in [1.82, 2.24) is 4.90 Å². The van der Waals surface area contributed by atoms with Crippen LogP contribution in [0.2, 0.25) is 0 Å². The Labute approximate surface area is 203 Å². The molecule has 0 aromatic heterocycles. The number of thiocarbonyl (C=S) groups is 1. The van der Waals surface area contributed by atoms with Crippen LogP contribution in [0.25, 0.3) is 5.57 Å². The Hall–Kier alpha value is -2.97. The minimum absolute atomic E-state index is 0.149. The van der Waals surface area contributed by atoms with Gasteiger partial charge in [0.15, 0.2) is 0 Å². The third-order valence-corrected chi connectivity index (χ3v) is 7.04. The van der Waals surface area contributed by atoms with E-state index in [1.807, 2.05) is 43.3 Å². The molecular weight excluding hydrogens is 454 g/mol. The predicted molar refractivity (Wildman–Crippen MR) is 137 cm³/mol.